The molecule has 1 aromatic rings. The summed E-state index contributed by atoms with van der Waals surface area (Å²) in [6, 6.07) is 4.41. The summed E-state index contributed by atoms with van der Waals surface area (Å²) in [5.41, 5.74) is 0.752. The predicted molar refractivity (Wildman–Crippen MR) is 110 cm³/mol. The Bertz CT molecular complexity index is 623. The van der Waals surface area contributed by atoms with Crippen molar-refractivity contribution >= 4 is 17.5 Å². The van der Waals surface area contributed by atoms with E-state index >= 15 is 0 Å². The van der Waals surface area contributed by atoms with Gasteiger partial charge in [0, 0.05) is 18.1 Å². The summed E-state index contributed by atoms with van der Waals surface area (Å²) in [5.74, 6) is 0.807. The van der Waals surface area contributed by atoms with E-state index in [0.717, 1.165) is 12.1 Å². The zero-order valence-corrected chi connectivity index (χ0v) is 17.7. The summed E-state index contributed by atoms with van der Waals surface area (Å²) in [6.45, 7) is 8.84. The molecule has 1 aliphatic rings. The van der Waals surface area contributed by atoms with Crippen LogP contribution in [-0.4, -0.2) is 30.7 Å². The average molecular weight is 397 g/mol. The zero-order valence-electron chi connectivity index (χ0n) is 17.0. The van der Waals surface area contributed by atoms with Crippen molar-refractivity contribution in [3.63, 3.8) is 0 Å². The first-order chi connectivity index (χ1) is 12.8. The van der Waals surface area contributed by atoms with Gasteiger partial charge in [0.2, 0.25) is 0 Å². The summed E-state index contributed by atoms with van der Waals surface area (Å²) in [5, 5.41) is 6.94. The molecule has 0 heterocycles. The zero-order chi connectivity index (χ0) is 19.9. The van der Waals surface area contributed by atoms with E-state index in [-0.39, 0.29) is 18.1 Å². The highest BCUT2D eigenvalue weighted by Crippen LogP contribution is 2.37. The monoisotopic (exact) mass is 396 g/mol. The smallest absolute Gasteiger partial charge is 0.258 e. The van der Waals surface area contributed by atoms with E-state index in [1.807, 2.05) is 39.8 Å². The Morgan fingerprint density at radius 1 is 1.19 bits per heavy atom. The Labute approximate surface area is 168 Å². The van der Waals surface area contributed by atoms with Crippen LogP contribution in [0.2, 0.25) is 5.02 Å². The normalized spacial score (nSPS) is 15.4. The molecule has 0 saturated heterocycles. The molecule has 1 aliphatic carbocycles. The van der Waals surface area contributed by atoms with E-state index in [0.29, 0.717) is 29.2 Å². The second-order valence-electron chi connectivity index (χ2n) is 8.14. The van der Waals surface area contributed by atoms with Gasteiger partial charge in [-0.3, -0.25) is 4.79 Å². The first kappa shape index (κ1) is 21.8. The van der Waals surface area contributed by atoms with Gasteiger partial charge >= 0.3 is 0 Å². The van der Waals surface area contributed by atoms with Crippen molar-refractivity contribution in [2.24, 2.45) is 0 Å². The maximum absolute atomic E-state index is 12.0. The highest BCUT2D eigenvalue weighted by molar-refractivity contribution is 6.32. The van der Waals surface area contributed by atoms with Gasteiger partial charge in [-0.25, -0.2) is 0 Å². The minimum atomic E-state index is -0.304. The van der Waals surface area contributed by atoms with Gasteiger partial charge in [-0.15, -0.1) is 0 Å². The van der Waals surface area contributed by atoms with Gasteiger partial charge < -0.3 is 20.1 Å². The minimum absolute atomic E-state index is 0.100. The van der Waals surface area contributed by atoms with Crippen LogP contribution in [0.15, 0.2) is 12.1 Å². The molecule has 6 heteroatoms. The fourth-order valence-electron chi connectivity index (χ4n) is 3.29. The number of carbonyl (C=O) groups is 1. The number of rotatable bonds is 8. The molecule has 0 atom stereocenters. The molecule has 0 aliphatic heterocycles. The van der Waals surface area contributed by atoms with Gasteiger partial charge in [0.1, 0.15) is 0 Å². The molecule has 27 heavy (non-hydrogen) atoms. The fraction of sp³-hybridized carbons (Fsp3) is 0.667. The Kier molecular flexibility index (Phi) is 8.24. The third kappa shape index (κ3) is 7.59. The predicted octanol–water partition coefficient (Wildman–Crippen LogP) is 4.45. The molecule has 5 nitrogen and oxygen atoms in total. The van der Waals surface area contributed by atoms with Gasteiger partial charge in [0.05, 0.1) is 11.6 Å². The Morgan fingerprint density at radius 2 is 1.89 bits per heavy atom. The van der Waals surface area contributed by atoms with Crippen molar-refractivity contribution in [1.29, 1.82) is 0 Å². The van der Waals surface area contributed by atoms with E-state index in [9.17, 15) is 4.79 Å². The summed E-state index contributed by atoms with van der Waals surface area (Å²) >= 11 is 6.44. The van der Waals surface area contributed by atoms with Crippen molar-refractivity contribution in [2.45, 2.75) is 77.9 Å². The molecule has 0 aromatic heterocycles. The van der Waals surface area contributed by atoms with Crippen LogP contribution in [0, 0.1) is 0 Å². The molecule has 152 valence electrons. The Balaban J connectivity index is 2.02. The van der Waals surface area contributed by atoms with Crippen LogP contribution in [0.5, 0.6) is 11.5 Å². The maximum atomic E-state index is 12.0. The van der Waals surface area contributed by atoms with Crippen LogP contribution in [0.3, 0.4) is 0 Å². The molecule has 0 unspecified atom stereocenters. The Morgan fingerprint density at radius 3 is 2.52 bits per heavy atom. The van der Waals surface area contributed by atoms with Crippen LogP contribution in [0.25, 0.3) is 0 Å². The minimum Gasteiger partial charge on any atom is -0.490 e. The number of benzene rings is 1. The van der Waals surface area contributed by atoms with Crippen LogP contribution in [0.1, 0.15) is 65.4 Å². The number of halogens is 1. The molecule has 2 N–H and O–H groups in total. The SMILES string of the molecule is CCOc1cc(CNC2CCCCC2)cc(Cl)c1OCC(=O)NC(C)(C)C. The lowest BCUT2D eigenvalue weighted by Crippen LogP contribution is -2.43. The molecule has 2 rings (SSSR count). The molecule has 1 amide bonds. The van der Waals surface area contributed by atoms with Crippen molar-refractivity contribution in [3.05, 3.63) is 22.7 Å². The second-order valence-corrected chi connectivity index (χ2v) is 8.55. The molecule has 1 aromatic carbocycles. The van der Waals surface area contributed by atoms with Crippen molar-refractivity contribution in [2.75, 3.05) is 13.2 Å². The van der Waals surface area contributed by atoms with E-state index in [4.69, 9.17) is 21.1 Å². The van der Waals surface area contributed by atoms with Gasteiger partial charge in [0.15, 0.2) is 18.1 Å². The first-order valence-corrected chi connectivity index (χ1v) is 10.3. The summed E-state index contributed by atoms with van der Waals surface area (Å²) < 4.78 is 11.4. The Hall–Kier alpha value is -1.46. The van der Waals surface area contributed by atoms with E-state index in [2.05, 4.69) is 10.6 Å². The highest BCUT2D eigenvalue weighted by atomic mass is 35.5. The number of nitrogens with one attached hydrogen (secondary N) is 2. The molecule has 0 spiro atoms. The molecular formula is C21H33ClN2O3. The number of ether oxygens (including phenoxy) is 2. The molecule has 0 bridgehead atoms. The third-order valence-electron chi connectivity index (χ3n) is 4.43. The van der Waals surface area contributed by atoms with E-state index < -0.39 is 0 Å². The van der Waals surface area contributed by atoms with Crippen molar-refractivity contribution in [3.8, 4) is 11.5 Å². The van der Waals surface area contributed by atoms with Crippen molar-refractivity contribution < 1.29 is 14.3 Å². The third-order valence-corrected chi connectivity index (χ3v) is 4.71. The molecule has 0 radical (unpaired) electrons. The number of hydrogen-bond donors (Lipinski definition) is 2. The highest BCUT2D eigenvalue weighted by Gasteiger charge is 2.18. The van der Waals surface area contributed by atoms with Crippen LogP contribution in [-0.2, 0) is 11.3 Å². The summed E-state index contributed by atoms with van der Waals surface area (Å²) in [6.07, 6.45) is 6.40. The molecular weight excluding hydrogens is 364 g/mol. The quantitative estimate of drug-likeness (QED) is 0.681. The van der Waals surface area contributed by atoms with Gasteiger partial charge in [0.25, 0.3) is 5.91 Å². The lowest BCUT2D eigenvalue weighted by molar-refractivity contribution is -0.124. The number of hydrogen-bond acceptors (Lipinski definition) is 4. The molecule has 1 saturated carbocycles. The fourth-order valence-corrected chi connectivity index (χ4v) is 3.58. The van der Waals surface area contributed by atoms with Crippen LogP contribution < -0.4 is 20.1 Å². The lowest BCUT2D eigenvalue weighted by atomic mass is 9.95. The van der Waals surface area contributed by atoms with Crippen LogP contribution >= 0.6 is 11.6 Å². The van der Waals surface area contributed by atoms with Crippen molar-refractivity contribution in [1.82, 2.24) is 10.6 Å². The summed E-state index contributed by atoms with van der Waals surface area (Å²) in [7, 11) is 0. The topological polar surface area (TPSA) is 59.6 Å². The van der Waals surface area contributed by atoms with Gasteiger partial charge in [-0.1, -0.05) is 30.9 Å². The average Bonchev–Trinajstić information content (AvgIpc) is 2.59. The number of amides is 1. The largest absolute Gasteiger partial charge is 0.490 e. The lowest BCUT2D eigenvalue weighted by Gasteiger charge is -2.23. The standard InChI is InChI=1S/C21H33ClN2O3/c1-5-26-18-12-15(13-23-16-9-7-6-8-10-16)11-17(22)20(18)27-14-19(25)24-21(2,3)4/h11-12,16,23H,5-10,13-14H2,1-4H3,(H,24,25). The first-order valence-electron chi connectivity index (χ1n) is 9.91. The maximum Gasteiger partial charge on any atom is 0.258 e. The molecule has 1 fully saturated rings. The van der Waals surface area contributed by atoms with E-state index in [1.165, 1.54) is 32.1 Å². The summed E-state index contributed by atoms with van der Waals surface area (Å²) in [4.78, 5) is 12.0. The number of carbonyl (C=O) groups excluding carboxylic acids is 1. The van der Waals surface area contributed by atoms with Gasteiger partial charge in [-0.05, 0) is 58.2 Å². The van der Waals surface area contributed by atoms with E-state index in [1.54, 1.807) is 0 Å². The van der Waals surface area contributed by atoms with Crippen LogP contribution in [0.4, 0.5) is 0 Å². The van der Waals surface area contributed by atoms with Gasteiger partial charge in [-0.2, -0.15) is 0 Å². The second kappa shape index (κ2) is 10.2.